The molecule has 0 unspecified atom stereocenters. The predicted octanol–water partition coefficient (Wildman–Crippen LogP) is 2.30. The molecule has 2 rings (SSSR count). The van der Waals surface area contributed by atoms with Crippen molar-refractivity contribution in [2.24, 2.45) is 4.40 Å². The van der Waals surface area contributed by atoms with Gasteiger partial charge in [0, 0.05) is 6.21 Å². The van der Waals surface area contributed by atoms with Crippen molar-refractivity contribution >= 4 is 17.2 Å². The van der Waals surface area contributed by atoms with Crippen molar-refractivity contribution in [2.75, 3.05) is 6.79 Å². The minimum Gasteiger partial charge on any atom is -0.454 e. The quantitative estimate of drug-likeness (QED) is 0.760. The average molecular weight is 253 g/mol. The molecule has 1 aliphatic rings. The molecule has 0 bridgehead atoms. The van der Waals surface area contributed by atoms with Crippen molar-refractivity contribution in [3.05, 3.63) is 23.8 Å². The summed E-state index contributed by atoms with van der Waals surface area (Å²) in [7, 11) is -1.24. The Morgan fingerprint density at radius 2 is 2.00 bits per heavy atom. The van der Waals surface area contributed by atoms with Gasteiger partial charge in [0.15, 0.2) is 11.5 Å². The summed E-state index contributed by atoms with van der Waals surface area (Å²) in [4.78, 5) is 0. The van der Waals surface area contributed by atoms with Gasteiger partial charge in [0.2, 0.25) is 6.79 Å². The number of fused-ring (bicyclic) bond motifs is 1. The minimum absolute atomic E-state index is 0.254. The van der Waals surface area contributed by atoms with Gasteiger partial charge in [-0.1, -0.05) is 0 Å². The highest BCUT2D eigenvalue weighted by molar-refractivity contribution is 7.85. The van der Waals surface area contributed by atoms with Crippen LogP contribution >= 0.6 is 0 Å². The molecule has 1 heterocycles. The van der Waals surface area contributed by atoms with Gasteiger partial charge in [-0.05, 0) is 44.5 Å². The third kappa shape index (κ3) is 2.85. The second-order valence-corrected chi connectivity index (χ2v) is 6.64. The summed E-state index contributed by atoms with van der Waals surface area (Å²) in [5.41, 5.74) is 0.854. The summed E-state index contributed by atoms with van der Waals surface area (Å²) in [5.74, 6) is 1.44. The van der Waals surface area contributed by atoms with Crippen molar-refractivity contribution in [3.63, 3.8) is 0 Å². The van der Waals surface area contributed by atoms with E-state index in [1.807, 2.05) is 39.0 Å². The Kier molecular flexibility index (Phi) is 3.19. The lowest BCUT2D eigenvalue weighted by molar-refractivity contribution is 0.174. The van der Waals surface area contributed by atoms with Crippen LogP contribution in [0.4, 0.5) is 0 Å². The maximum atomic E-state index is 11.7. The van der Waals surface area contributed by atoms with Crippen molar-refractivity contribution in [1.29, 1.82) is 0 Å². The molecular weight excluding hydrogens is 238 g/mol. The molecule has 4 nitrogen and oxygen atoms in total. The Labute approximate surface area is 103 Å². The van der Waals surface area contributed by atoms with Gasteiger partial charge in [-0.2, -0.15) is 4.40 Å². The molecule has 0 saturated carbocycles. The SMILES string of the molecule is CC(C)(C)[S@](=O)N=Cc1ccc2c(c1)OCO2. The van der Waals surface area contributed by atoms with Crippen molar-refractivity contribution in [3.8, 4) is 11.5 Å². The van der Waals surface area contributed by atoms with Gasteiger partial charge in [-0.15, -0.1) is 0 Å². The number of hydrogen-bond acceptors (Lipinski definition) is 3. The standard InChI is InChI=1S/C12H15NO3S/c1-12(2,3)17(14)13-7-9-4-5-10-11(6-9)16-8-15-10/h4-7H,8H2,1-3H3/t17-/m0/s1. The zero-order valence-corrected chi connectivity index (χ0v) is 10.9. The highest BCUT2D eigenvalue weighted by Crippen LogP contribution is 2.32. The minimum atomic E-state index is -1.24. The van der Waals surface area contributed by atoms with Gasteiger partial charge in [-0.25, -0.2) is 4.21 Å². The predicted molar refractivity (Wildman–Crippen MR) is 68.1 cm³/mol. The Hall–Kier alpha value is -1.36. The van der Waals surface area contributed by atoms with E-state index in [4.69, 9.17) is 9.47 Å². The van der Waals surface area contributed by atoms with Gasteiger partial charge in [0.1, 0.15) is 11.0 Å². The fraction of sp³-hybridized carbons (Fsp3) is 0.417. The topological polar surface area (TPSA) is 47.9 Å². The smallest absolute Gasteiger partial charge is 0.231 e. The Balaban J connectivity index is 2.14. The van der Waals surface area contributed by atoms with Crippen LogP contribution in [0.1, 0.15) is 26.3 Å². The Bertz CT molecular complexity index is 477. The Morgan fingerprint density at radius 1 is 1.29 bits per heavy atom. The van der Waals surface area contributed by atoms with Crippen molar-refractivity contribution in [2.45, 2.75) is 25.5 Å². The third-order valence-corrected chi connectivity index (χ3v) is 3.56. The molecule has 0 aromatic heterocycles. The van der Waals surface area contributed by atoms with E-state index < -0.39 is 11.0 Å². The number of nitrogens with zero attached hydrogens (tertiary/aromatic N) is 1. The Morgan fingerprint density at radius 3 is 2.71 bits per heavy atom. The van der Waals surface area contributed by atoms with E-state index in [9.17, 15) is 4.21 Å². The van der Waals surface area contributed by atoms with Crippen LogP contribution in [0.5, 0.6) is 11.5 Å². The lowest BCUT2D eigenvalue weighted by Crippen LogP contribution is -2.19. The summed E-state index contributed by atoms with van der Waals surface area (Å²) in [6.07, 6.45) is 1.60. The van der Waals surface area contributed by atoms with Crippen molar-refractivity contribution < 1.29 is 13.7 Å². The van der Waals surface area contributed by atoms with Crippen LogP contribution in [0.3, 0.4) is 0 Å². The van der Waals surface area contributed by atoms with Crippen LogP contribution in [0.25, 0.3) is 0 Å². The lowest BCUT2D eigenvalue weighted by atomic mass is 10.2. The zero-order chi connectivity index (χ0) is 12.5. The number of benzene rings is 1. The molecule has 0 amide bonds. The molecule has 0 fully saturated rings. The van der Waals surface area contributed by atoms with E-state index in [-0.39, 0.29) is 11.5 Å². The molecule has 0 spiro atoms. The van der Waals surface area contributed by atoms with Gasteiger partial charge in [-0.3, -0.25) is 0 Å². The van der Waals surface area contributed by atoms with Crippen LogP contribution in [-0.4, -0.2) is 22.0 Å². The number of hydrogen-bond donors (Lipinski definition) is 0. The molecule has 92 valence electrons. The molecule has 1 aromatic rings. The lowest BCUT2D eigenvalue weighted by Gasteiger charge is -2.12. The molecule has 17 heavy (non-hydrogen) atoms. The maximum absolute atomic E-state index is 11.7. The first-order chi connectivity index (χ1) is 7.97. The summed E-state index contributed by atoms with van der Waals surface area (Å²) in [5, 5.41) is 0. The highest BCUT2D eigenvalue weighted by Gasteiger charge is 2.18. The van der Waals surface area contributed by atoms with Crippen LogP contribution in [0, 0.1) is 0 Å². The molecule has 1 aliphatic heterocycles. The molecule has 1 aromatic carbocycles. The first kappa shape index (κ1) is 12.1. The van der Waals surface area contributed by atoms with Gasteiger partial charge < -0.3 is 9.47 Å². The highest BCUT2D eigenvalue weighted by atomic mass is 32.2. The van der Waals surface area contributed by atoms with E-state index in [2.05, 4.69) is 4.40 Å². The van der Waals surface area contributed by atoms with E-state index in [0.717, 1.165) is 11.3 Å². The van der Waals surface area contributed by atoms with E-state index in [1.54, 1.807) is 6.21 Å². The van der Waals surface area contributed by atoms with E-state index >= 15 is 0 Å². The summed E-state index contributed by atoms with van der Waals surface area (Å²) >= 11 is 0. The summed E-state index contributed by atoms with van der Waals surface area (Å²) < 4.78 is 25.9. The fourth-order valence-electron chi connectivity index (χ4n) is 1.26. The number of rotatable bonds is 2. The van der Waals surface area contributed by atoms with Crippen LogP contribution in [0.2, 0.25) is 0 Å². The van der Waals surface area contributed by atoms with Crippen LogP contribution < -0.4 is 9.47 Å². The molecule has 1 atom stereocenters. The number of ether oxygens (including phenoxy) is 2. The normalized spacial score (nSPS) is 16.4. The first-order valence-electron chi connectivity index (χ1n) is 5.32. The zero-order valence-electron chi connectivity index (χ0n) is 10.1. The molecule has 5 heteroatoms. The monoisotopic (exact) mass is 253 g/mol. The van der Waals surface area contributed by atoms with Crippen LogP contribution in [0.15, 0.2) is 22.6 Å². The molecule has 0 radical (unpaired) electrons. The largest absolute Gasteiger partial charge is 0.454 e. The molecular formula is C12H15NO3S. The average Bonchev–Trinajstić information content (AvgIpc) is 2.71. The van der Waals surface area contributed by atoms with Crippen LogP contribution in [-0.2, 0) is 11.0 Å². The fourth-order valence-corrected chi connectivity index (χ4v) is 1.79. The van der Waals surface area contributed by atoms with Gasteiger partial charge in [0.25, 0.3) is 0 Å². The van der Waals surface area contributed by atoms with Crippen molar-refractivity contribution in [1.82, 2.24) is 0 Å². The molecule has 0 aliphatic carbocycles. The summed E-state index contributed by atoms with van der Waals surface area (Å²) in [6, 6.07) is 5.51. The second-order valence-electron chi connectivity index (χ2n) is 4.71. The van der Waals surface area contributed by atoms with E-state index in [0.29, 0.717) is 5.75 Å². The first-order valence-corrected chi connectivity index (χ1v) is 6.43. The van der Waals surface area contributed by atoms with E-state index in [1.165, 1.54) is 0 Å². The second kappa shape index (κ2) is 4.49. The summed E-state index contributed by atoms with van der Waals surface area (Å²) in [6.45, 7) is 5.92. The third-order valence-electron chi connectivity index (χ3n) is 2.22. The molecule has 0 N–H and O–H groups in total. The maximum Gasteiger partial charge on any atom is 0.231 e. The van der Waals surface area contributed by atoms with Gasteiger partial charge in [0.05, 0.1) is 4.75 Å². The molecule has 0 saturated heterocycles. The van der Waals surface area contributed by atoms with Gasteiger partial charge >= 0.3 is 0 Å².